The highest BCUT2D eigenvalue weighted by atomic mass is 16.3. The van der Waals surface area contributed by atoms with Gasteiger partial charge >= 0.3 is 0 Å². The fourth-order valence-electron chi connectivity index (χ4n) is 3.76. The molecule has 1 saturated heterocycles. The van der Waals surface area contributed by atoms with Gasteiger partial charge in [0.1, 0.15) is 5.82 Å². The van der Waals surface area contributed by atoms with E-state index < -0.39 is 5.60 Å². The molecule has 2 unspecified atom stereocenters. The van der Waals surface area contributed by atoms with Crippen LogP contribution < -0.4 is 10.2 Å². The molecule has 3 rings (SSSR count). The van der Waals surface area contributed by atoms with Gasteiger partial charge < -0.3 is 15.3 Å². The third-order valence-electron chi connectivity index (χ3n) is 5.01. The predicted octanol–water partition coefficient (Wildman–Crippen LogP) is 2.35. The Morgan fingerprint density at radius 1 is 1.43 bits per heavy atom. The van der Waals surface area contributed by atoms with Crippen molar-refractivity contribution in [2.75, 3.05) is 29.9 Å². The first kappa shape index (κ1) is 14.6. The van der Waals surface area contributed by atoms with Crippen molar-refractivity contribution in [3.05, 3.63) is 11.8 Å². The van der Waals surface area contributed by atoms with Crippen molar-refractivity contribution in [3.63, 3.8) is 0 Å². The molecule has 0 aromatic carbocycles. The summed E-state index contributed by atoms with van der Waals surface area (Å²) < 4.78 is 0. The molecule has 2 heterocycles. The van der Waals surface area contributed by atoms with Crippen molar-refractivity contribution in [2.24, 2.45) is 5.92 Å². The van der Waals surface area contributed by atoms with Gasteiger partial charge in [0.2, 0.25) is 5.95 Å². The van der Waals surface area contributed by atoms with Gasteiger partial charge in [0, 0.05) is 37.3 Å². The van der Waals surface area contributed by atoms with Crippen LogP contribution >= 0.6 is 0 Å². The van der Waals surface area contributed by atoms with Crippen LogP contribution in [0.3, 0.4) is 0 Å². The quantitative estimate of drug-likeness (QED) is 0.895. The largest absolute Gasteiger partial charge is 0.389 e. The first-order chi connectivity index (χ1) is 10.1. The van der Waals surface area contributed by atoms with Gasteiger partial charge in [-0.15, -0.1) is 0 Å². The van der Waals surface area contributed by atoms with E-state index in [1.807, 2.05) is 13.1 Å². The molecule has 2 aliphatic rings. The highest BCUT2D eigenvalue weighted by Gasteiger charge is 2.43. The maximum atomic E-state index is 10.8. The number of nitrogens with one attached hydrogen (secondary N) is 1. The van der Waals surface area contributed by atoms with Crippen molar-refractivity contribution < 1.29 is 5.11 Å². The Bertz CT molecular complexity index is 507. The summed E-state index contributed by atoms with van der Waals surface area (Å²) in [4.78, 5) is 11.3. The van der Waals surface area contributed by atoms with Crippen molar-refractivity contribution in [1.82, 2.24) is 9.97 Å². The molecule has 2 atom stereocenters. The normalized spacial score (nSPS) is 29.1. The zero-order valence-electron chi connectivity index (χ0n) is 13.1. The number of aliphatic hydroxyl groups is 1. The number of anilines is 2. The van der Waals surface area contributed by atoms with Gasteiger partial charge in [-0.1, -0.05) is 12.8 Å². The Hall–Kier alpha value is -1.36. The monoisotopic (exact) mass is 290 g/mol. The van der Waals surface area contributed by atoms with Crippen molar-refractivity contribution in [1.29, 1.82) is 0 Å². The lowest BCUT2D eigenvalue weighted by atomic mass is 9.71. The van der Waals surface area contributed by atoms with E-state index in [0.29, 0.717) is 11.9 Å². The molecule has 5 nitrogen and oxygen atoms in total. The Labute approximate surface area is 126 Å². The Morgan fingerprint density at radius 2 is 2.29 bits per heavy atom. The Morgan fingerprint density at radius 3 is 3.10 bits per heavy atom. The summed E-state index contributed by atoms with van der Waals surface area (Å²) >= 11 is 0. The van der Waals surface area contributed by atoms with E-state index in [-0.39, 0.29) is 0 Å². The van der Waals surface area contributed by atoms with Crippen molar-refractivity contribution >= 4 is 11.8 Å². The first-order valence-electron chi connectivity index (χ1n) is 8.17. The molecular formula is C16H26N4O. The second-order valence-electron chi connectivity index (χ2n) is 6.47. The molecule has 1 aliphatic heterocycles. The molecule has 1 aromatic rings. The van der Waals surface area contributed by atoms with Gasteiger partial charge in [-0.3, -0.25) is 0 Å². The number of aromatic nitrogens is 2. The second-order valence-corrected chi connectivity index (χ2v) is 6.47. The molecule has 1 aliphatic carbocycles. The zero-order chi connectivity index (χ0) is 14.9. The number of hydrogen-bond donors (Lipinski definition) is 2. The summed E-state index contributed by atoms with van der Waals surface area (Å²) in [5.74, 6) is 2.10. The highest BCUT2D eigenvalue weighted by molar-refractivity contribution is 5.49. The smallest absolute Gasteiger partial charge is 0.224 e. The van der Waals surface area contributed by atoms with Crippen LogP contribution in [0.2, 0.25) is 0 Å². The van der Waals surface area contributed by atoms with E-state index in [0.717, 1.165) is 50.3 Å². The van der Waals surface area contributed by atoms with Crippen molar-refractivity contribution in [2.45, 2.75) is 51.6 Å². The molecule has 0 amide bonds. The Kier molecular flexibility index (Phi) is 4.02. The minimum atomic E-state index is -0.430. The third kappa shape index (κ3) is 2.84. The minimum Gasteiger partial charge on any atom is -0.389 e. The molecule has 116 valence electrons. The van der Waals surface area contributed by atoms with Crippen LogP contribution in [0.1, 0.15) is 44.6 Å². The molecule has 1 aromatic heterocycles. The van der Waals surface area contributed by atoms with Gasteiger partial charge in [-0.2, -0.15) is 4.98 Å². The van der Waals surface area contributed by atoms with Crippen LogP contribution in [0.5, 0.6) is 0 Å². The second kappa shape index (κ2) is 5.79. The van der Waals surface area contributed by atoms with Gasteiger partial charge in [0.15, 0.2) is 0 Å². The average Bonchev–Trinajstić information content (AvgIpc) is 2.49. The zero-order valence-corrected chi connectivity index (χ0v) is 13.1. The topological polar surface area (TPSA) is 61.3 Å². The molecule has 0 spiro atoms. The summed E-state index contributed by atoms with van der Waals surface area (Å²) in [7, 11) is 0. The van der Waals surface area contributed by atoms with E-state index >= 15 is 0 Å². The molecule has 0 radical (unpaired) electrons. The van der Waals surface area contributed by atoms with Gasteiger partial charge in [0.25, 0.3) is 0 Å². The molecular weight excluding hydrogens is 264 g/mol. The predicted molar refractivity (Wildman–Crippen MR) is 84.7 cm³/mol. The number of fused-ring (bicyclic) bond motifs is 1. The van der Waals surface area contributed by atoms with Gasteiger partial charge in [0.05, 0.1) is 5.60 Å². The lowest BCUT2D eigenvalue weighted by Gasteiger charge is -2.48. The maximum Gasteiger partial charge on any atom is 0.224 e. The minimum absolute atomic E-state index is 0.386. The molecule has 21 heavy (non-hydrogen) atoms. The average molecular weight is 290 g/mol. The van der Waals surface area contributed by atoms with E-state index in [1.165, 1.54) is 12.8 Å². The number of hydrogen-bond acceptors (Lipinski definition) is 5. The summed E-state index contributed by atoms with van der Waals surface area (Å²) in [6.07, 6.45) is 7.27. The molecule has 0 bridgehead atoms. The van der Waals surface area contributed by atoms with Crippen LogP contribution in [0.4, 0.5) is 11.8 Å². The van der Waals surface area contributed by atoms with E-state index in [4.69, 9.17) is 0 Å². The lowest BCUT2D eigenvalue weighted by Crippen LogP contribution is -2.53. The van der Waals surface area contributed by atoms with Crippen LogP contribution in [-0.4, -0.2) is 40.3 Å². The molecule has 2 N–H and O–H groups in total. The fourth-order valence-corrected chi connectivity index (χ4v) is 3.76. The van der Waals surface area contributed by atoms with Crippen LogP contribution in [0.25, 0.3) is 0 Å². The standard InChI is InChI=1S/C16H26N4O/c1-3-17-15-18-10-12(2)14(19-15)20-9-8-16(21)7-5-4-6-13(16)11-20/h10,13,21H,3-9,11H2,1-2H3,(H,17,18,19). The maximum absolute atomic E-state index is 10.8. The van der Waals surface area contributed by atoms with E-state index in [2.05, 4.69) is 27.1 Å². The van der Waals surface area contributed by atoms with E-state index in [9.17, 15) is 5.11 Å². The SMILES string of the molecule is CCNc1ncc(C)c(N2CCC3(O)CCCCC3C2)n1. The summed E-state index contributed by atoms with van der Waals surface area (Å²) in [6.45, 7) is 6.74. The number of rotatable bonds is 3. The highest BCUT2D eigenvalue weighted by Crippen LogP contribution is 2.41. The van der Waals surface area contributed by atoms with E-state index in [1.54, 1.807) is 0 Å². The fraction of sp³-hybridized carbons (Fsp3) is 0.750. The Balaban J connectivity index is 1.80. The number of nitrogens with zero attached hydrogens (tertiary/aromatic N) is 3. The summed E-state index contributed by atoms with van der Waals surface area (Å²) in [6, 6.07) is 0. The number of piperidine rings is 1. The lowest BCUT2D eigenvalue weighted by molar-refractivity contribution is -0.0613. The van der Waals surface area contributed by atoms with Gasteiger partial charge in [-0.25, -0.2) is 4.98 Å². The van der Waals surface area contributed by atoms with Gasteiger partial charge in [-0.05, 0) is 33.1 Å². The summed E-state index contributed by atoms with van der Waals surface area (Å²) in [5.41, 5.74) is 0.679. The van der Waals surface area contributed by atoms with Crippen molar-refractivity contribution in [3.8, 4) is 0 Å². The van der Waals surface area contributed by atoms with Crippen LogP contribution in [0, 0.1) is 12.8 Å². The first-order valence-corrected chi connectivity index (χ1v) is 8.17. The summed E-state index contributed by atoms with van der Waals surface area (Å²) in [5, 5.41) is 14.0. The molecule has 5 heteroatoms. The third-order valence-corrected chi connectivity index (χ3v) is 5.01. The molecule has 1 saturated carbocycles. The van der Waals surface area contributed by atoms with Crippen LogP contribution in [0.15, 0.2) is 6.20 Å². The number of aryl methyl sites for hydroxylation is 1. The van der Waals surface area contributed by atoms with Crippen LogP contribution in [-0.2, 0) is 0 Å². The molecule has 2 fully saturated rings.